The van der Waals surface area contributed by atoms with Crippen LogP contribution in [-0.4, -0.2) is 17.8 Å². The third-order valence-electron chi connectivity index (χ3n) is 6.00. The molecule has 1 N–H and O–H groups in total. The minimum absolute atomic E-state index is 0.246. The summed E-state index contributed by atoms with van der Waals surface area (Å²) < 4.78 is 13.6. The summed E-state index contributed by atoms with van der Waals surface area (Å²) in [6.45, 7) is 1.31. The third-order valence-corrected chi connectivity index (χ3v) is 6.00. The summed E-state index contributed by atoms with van der Waals surface area (Å²) in [6, 6.07) is 23.7. The van der Waals surface area contributed by atoms with E-state index in [0.29, 0.717) is 13.2 Å². The molecule has 0 unspecified atom stereocenters. The Morgan fingerprint density at radius 1 is 0.806 bits per heavy atom. The average Bonchev–Trinajstić information content (AvgIpc) is 3.47. The second kappa shape index (κ2) is 7.73. The fourth-order valence-corrected chi connectivity index (χ4v) is 4.53. The normalized spacial score (nSPS) is 16.8. The minimum atomic E-state index is -0.246. The molecule has 2 heterocycles. The summed E-state index contributed by atoms with van der Waals surface area (Å²) in [4.78, 5) is 0. The molecule has 0 amide bonds. The number of fused-ring (bicyclic) bond motifs is 3. The molecule has 1 saturated heterocycles. The first-order valence-electron chi connectivity index (χ1n) is 10.9. The Morgan fingerprint density at radius 3 is 2.42 bits per heavy atom. The average molecular weight is 409 g/mol. The van der Waals surface area contributed by atoms with Gasteiger partial charge in [-0.05, 0) is 55.3 Å². The van der Waals surface area contributed by atoms with E-state index in [0.717, 1.165) is 29.8 Å². The summed E-state index contributed by atoms with van der Waals surface area (Å²) in [5.74, 6) is 0. The van der Waals surface area contributed by atoms with Crippen LogP contribution in [0.15, 0.2) is 90.7 Å². The Hall–Kier alpha value is -3.34. The second-order valence-corrected chi connectivity index (χ2v) is 8.01. The lowest BCUT2D eigenvalue weighted by molar-refractivity contribution is -0.0441. The topological polar surface area (TPSA) is 35.4 Å². The van der Waals surface area contributed by atoms with Gasteiger partial charge in [0.25, 0.3) is 0 Å². The molecule has 3 aromatic carbocycles. The summed E-state index contributed by atoms with van der Waals surface area (Å²) in [5, 5.41) is 6.06. The van der Waals surface area contributed by atoms with E-state index in [-0.39, 0.29) is 6.29 Å². The first kappa shape index (κ1) is 18.4. The Kier molecular flexibility index (Phi) is 4.59. The van der Waals surface area contributed by atoms with Crippen molar-refractivity contribution in [3.05, 3.63) is 96.2 Å². The van der Waals surface area contributed by atoms with Gasteiger partial charge in [-0.25, -0.2) is 0 Å². The van der Waals surface area contributed by atoms with E-state index >= 15 is 0 Å². The molecule has 0 bridgehead atoms. The van der Waals surface area contributed by atoms with Crippen LogP contribution in [0.1, 0.15) is 24.7 Å². The maximum absolute atomic E-state index is 5.64. The molecule has 0 saturated carbocycles. The van der Waals surface area contributed by atoms with Crippen LogP contribution in [0.4, 0.5) is 5.69 Å². The number of anilines is 1. The van der Waals surface area contributed by atoms with E-state index in [1.807, 2.05) is 0 Å². The van der Waals surface area contributed by atoms with Crippen molar-refractivity contribution in [1.82, 2.24) is 4.57 Å². The molecular formula is C27H24N2O2. The number of aromatic nitrogens is 1. The van der Waals surface area contributed by atoms with Gasteiger partial charge >= 0.3 is 0 Å². The van der Waals surface area contributed by atoms with Crippen molar-refractivity contribution in [1.29, 1.82) is 0 Å². The lowest BCUT2D eigenvalue weighted by atomic mass is 10.1. The summed E-state index contributed by atoms with van der Waals surface area (Å²) in [6.07, 6.45) is 8.60. The zero-order valence-corrected chi connectivity index (χ0v) is 17.3. The molecule has 1 aliphatic carbocycles. The van der Waals surface area contributed by atoms with Crippen molar-refractivity contribution in [2.75, 3.05) is 18.5 Å². The van der Waals surface area contributed by atoms with Gasteiger partial charge in [0, 0.05) is 33.4 Å². The summed E-state index contributed by atoms with van der Waals surface area (Å²) in [7, 11) is 0. The van der Waals surface area contributed by atoms with Crippen molar-refractivity contribution in [2.45, 2.75) is 19.1 Å². The molecule has 4 aromatic rings. The highest BCUT2D eigenvalue weighted by molar-refractivity contribution is 6.10. The largest absolute Gasteiger partial charge is 0.356 e. The molecule has 1 aliphatic heterocycles. The molecule has 6 rings (SSSR count). The predicted octanol–water partition coefficient (Wildman–Crippen LogP) is 6.47. The summed E-state index contributed by atoms with van der Waals surface area (Å²) in [5.41, 5.74) is 6.86. The highest BCUT2D eigenvalue weighted by Crippen LogP contribution is 2.34. The highest BCUT2D eigenvalue weighted by Gasteiger charge is 2.19. The van der Waals surface area contributed by atoms with Crippen molar-refractivity contribution in [2.24, 2.45) is 0 Å². The summed E-state index contributed by atoms with van der Waals surface area (Å²) >= 11 is 0. The highest BCUT2D eigenvalue weighted by atomic mass is 16.7. The number of benzene rings is 3. The van der Waals surface area contributed by atoms with Crippen LogP contribution in [0.3, 0.4) is 0 Å². The number of hydrogen-bond acceptors (Lipinski definition) is 3. The number of nitrogens with zero attached hydrogens (tertiary/aromatic N) is 1. The van der Waals surface area contributed by atoms with Crippen molar-refractivity contribution in [3.8, 4) is 5.69 Å². The van der Waals surface area contributed by atoms with E-state index < -0.39 is 0 Å². The monoisotopic (exact) mass is 408 g/mol. The number of ether oxygens (including phenoxy) is 2. The fraction of sp³-hybridized carbons (Fsp3) is 0.185. The van der Waals surface area contributed by atoms with Crippen LogP contribution >= 0.6 is 0 Å². The number of allylic oxidation sites excluding steroid dienone is 3. The van der Waals surface area contributed by atoms with Crippen molar-refractivity contribution in [3.63, 3.8) is 0 Å². The quantitative estimate of drug-likeness (QED) is 0.420. The maximum atomic E-state index is 5.64. The van der Waals surface area contributed by atoms with E-state index in [9.17, 15) is 0 Å². The SMILES string of the molecule is C1=CC(Nc2ccc3c(c2)c2ccccc2n3-c2ccc(C3OCCO3)cc2)=CCC1. The Labute approximate surface area is 181 Å². The zero-order valence-electron chi connectivity index (χ0n) is 17.3. The van der Waals surface area contributed by atoms with Gasteiger partial charge in [-0.3, -0.25) is 0 Å². The van der Waals surface area contributed by atoms with Crippen LogP contribution in [0.5, 0.6) is 0 Å². The van der Waals surface area contributed by atoms with Crippen LogP contribution in [0.2, 0.25) is 0 Å². The van der Waals surface area contributed by atoms with Gasteiger partial charge in [0.15, 0.2) is 6.29 Å². The lowest BCUT2D eigenvalue weighted by Crippen LogP contribution is -2.00. The molecule has 4 nitrogen and oxygen atoms in total. The molecule has 4 heteroatoms. The van der Waals surface area contributed by atoms with Crippen LogP contribution < -0.4 is 5.32 Å². The number of nitrogens with one attached hydrogen (secondary N) is 1. The second-order valence-electron chi connectivity index (χ2n) is 8.01. The van der Waals surface area contributed by atoms with Crippen LogP contribution in [-0.2, 0) is 9.47 Å². The fourth-order valence-electron chi connectivity index (χ4n) is 4.53. The van der Waals surface area contributed by atoms with Gasteiger partial charge in [0.05, 0.1) is 24.2 Å². The molecule has 0 atom stereocenters. The van der Waals surface area contributed by atoms with E-state index in [2.05, 4.69) is 94.8 Å². The van der Waals surface area contributed by atoms with Gasteiger partial charge in [-0.15, -0.1) is 0 Å². The van der Waals surface area contributed by atoms with E-state index in [1.165, 1.54) is 27.5 Å². The van der Waals surface area contributed by atoms with Gasteiger partial charge in [-0.2, -0.15) is 0 Å². The van der Waals surface area contributed by atoms with Crippen molar-refractivity contribution >= 4 is 27.5 Å². The van der Waals surface area contributed by atoms with Gasteiger partial charge in [-0.1, -0.05) is 42.5 Å². The molecule has 154 valence electrons. The zero-order chi connectivity index (χ0) is 20.6. The molecule has 31 heavy (non-hydrogen) atoms. The standard InChI is InChI=1S/C27H24N2O2/c1-2-6-20(7-3-1)28-21-12-15-26-24(18-21)23-8-4-5-9-25(23)29(26)22-13-10-19(11-14-22)27-30-16-17-31-27/h2,4-15,18,27-28H,1,3,16-17H2. The van der Waals surface area contributed by atoms with Gasteiger partial charge in [0.2, 0.25) is 0 Å². The predicted molar refractivity (Wildman–Crippen MR) is 126 cm³/mol. The van der Waals surface area contributed by atoms with Crippen LogP contribution in [0, 0.1) is 0 Å². The Morgan fingerprint density at radius 2 is 1.61 bits per heavy atom. The number of hydrogen-bond donors (Lipinski definition) is 1. The molecule has 1 aromatic heterocycles. The molecule has 1 fully saturated rings. The lowest BCUT2D eigenvalue weighted by Gasteiger charge is -2.13. The first-order valence-corrected chi connectivity index (χ1v) is 10.9. The van der Waals surface area contributed by atoms with Gasteiger partial charge < -0.3 is 19.4 Å². The first-order chi connectivity index (χ1) is 15.4. The van der Waals surface area contributed by atoms with Crippen LogP contribution in [0.25, 0.3) is 27.5 Å². The molecule has 0 spiro atoms. The maximum Gasteiger partial charge on any atom is 0.184 e. The number of para-hydroxylation sites is 1. The molecule has 0 radical (unpaired) electrons. The Balaban J connectivity index is 1.44. The van der Waals surface area contributed by atoms with Crippen molar-refractivity contribution < 1.29 is 9.47 Å². The molecule has 2 aliphatic rings. The third kappa shape index (κ3) is 3.34. The minimum Gasteiger partial charge on any atom is -0.356 e. The Bertz CT molecular complexity index is 1310. The van der Waals surface area contributed by atoms with Gasteiger partial charge in [0.1, 0.15) is 0 Å². The smallest absolute Gasteiger partial charge is 0.184 e. The number of rotatable bonds is 4. The molecular weight excluding hydrogens is 384 g/mol. The van der Waals surface area contributed by atoms with E-state index in [1.54, 1.807) is 0 Å². The van der Waals surface area contributed by atoms with E-state index in [4.69, 9.17) is 9.47 Å².